The quantitative estimate of drug-likeness (QED) is 0.893. The maximum absolute atomic E-state index is 11.2. The maximum atomic E-state index is 11.2. The molecule has 0 aliphatic heterocycles. The van der Waals surface area contributed by atoms with Gasteiger partial charge >= 0.3 is 0 Å². The van der Waals surface area contributed by atoms with Gasteiger partial charge in [-0.15, -0.1) is 0 Å². The summed E-state index contributed by atoms with van der Waals surface area (Å²) in [6.07, 6.45) is 1.20. The van der Waals surface area contributed by atoms with Crippen LogP contribution < -0.4 is 5.73 Å². The van der Waals surface area contributed by atoms with Crippen LogP contribution in [0.3, 0.4) is 0 Å². The lowest BCUT2D eigenvalue weighted by atomic mass is 10.1. The van der Waals surface area contributed by atoms with E-state index in [1.165, 1.54) is 6.26 Å². The Morgan fingerprint density at radius 2 is 2.12 bits per heavy atom. The number of anilines is 1. The number of nitrogens with zero attached hydrogens (tertiary/aromatic N) is 1. The van der Waals surface area contributed by atoms with E-state index in [0.29, 0.717) is 17.1 Å². The average molecular weight is 252 g/mol. The second-order valence-corrected chi connectivity index (χ2v) is 6.03. The van der Waals surface area contributed by atoms with E-state index in [9.17, 15) is 8.42 Å². The lowest BCUT2D eigenvalue weighted by molar-refractivity contribution is 0.436. The number of benzene rings is 1. The van der Waals surface area contributed by atoms with Crippen LogP contribution in [0.4, 0.5) is 5.82 Å². The van der Waals surface area contributed by atoms with E-state index >= 15 is 0 Å². The number of sulfone groups is 1. The fourth-order valence-electron chi connectivity index (χ4n) is 1.54. The average Bonchev–Trinajstić information content (AvgIpc) is 2.63. The molecule has 0 saturated heterocycles. The Morgan fingerprint density at radius 3 is 2.71 bits per heavy atom. The largest absolute Gasteiger partial charge is 0.381 e. The SMILES string of the molecule is CS(=O)(=O)Cc1cccc(-c2cc(N)no2)c1. The van der Waals surface area contributed by atoms with Crippen LogP contribution >= 0.6 is 0 Å². The molecule has 0 amide bonds. The van der Waals surface area contributed by atoms with Crippen molar-refractivity contribution in [3.8, 4) is 11.3 Å². The molecule has 17 heavy (non-hydrogen) atoms. The Labute approximate surface area is 99.1 Å². The highest BCUT2D eigenvalue weighted by molar-refractivity contribution is 7.89. The summed E-state index contributed by atoms with van der Waals surface area (Å²) in [6.45, 7) is 0. The van der Waals surface area contributed by atoms with Gasteiger partial charge in [-0.1, -0.05) is 23.4 Å². The fraction of sp³-hybridized carbons (Fsp3) is 0.182. The van der Waals surface area contributed by atoms with Gasteiger partial charge in [-0.3, -0.25) is 0 Å². The first-order valence-corrected chi connectivity index (χ1v) is 6.99. The fourth-order valence-corrected chi connectivity index (χ4v) is 2.33. The Balaban J connectivity index is 2.35. The number of hydrogen-bond acceptors (Lipinski definition) is 5. The summed E-state index contributed by atoms with van der Waals surface area (Å²) in [5.41, 5.74) is 6.92. The number of rotatable bonds is 3. The van der Waals surface area contributed by atoms with Crippen molar-refractivity contribution in [2.75, 3.05) is 12.0 Å². The Morgan fingerprint density at radius 1 is 1.35 bits per heavy atom. The van der Waals surface area contributed by atoms with Crippen LogP contribution in [0, 0.1) is 0 Å². The standard InChI is InChI=1S/C11H12N2O3S/c1-17(14,15)7-8-3-2-4-9(5-8)10-6-11(12)13-16-10/h2-6H,7H2,1H3,(H2,12,13). The second kappa shape index (κ2) is 4.21. The van der Waals surface area contributed by atoms with Gasteiger partial charge in [0, 0.05) is 17.9 Å². The zero-order valence-electron chi connectivity index (χ0n) is 9.25. The molecule has 1 aromatic heterocycles. The Hall–Kier alpha value is -1.82. The first kappa shape index (κ1) is 11.7. The smallest absolute Gasteiger partial charge is 0.169 e. The van der Waals surface area contributed by atoms with Crippen molar-refractivity contribution >= 4 is 15.7 Å². The van der Waals surface area contributed by atoms with Gasteiger partial charge in [0.25, 0.3) is 0 Å². The minimum Gasteiger partial charge on any atom is -0.381 e. The first-order valence-electron chi connectivity index (χ1n) is 4.93. The van der Waals surface area contributed by atoms with Crippen molar-refractivity contribution in [1.29, 1.82) is 0 Å². The monoisotopic (exact) mass is 252 g/mol. The van der Waals surface area contributed by atoms with E-state index in [2.05, 4.69) is 5.16 Å². The van der Waals surface area contributed by atoms with Crippen LogP contribution in [0.5, 0.6) is 0 Å². The van der Waals surface area contributed by atoms with Crippen molar-refractivity contribution in [1.82, 2.24) is 5.16 Å². The molecule has 90 valence electrons. The molecule has 0 radical (unpaired) electrons. The molecule has 0 unspecified atom stereocenters. The molecule has 1 heterocycles. The van der Waals surface area contributed by atoms with Crippen molar-refractivity contribution in [3.05, 3.63) is 35.9 Å². The number of nitrogen functional groups attached to an aromatic ring is 1. The Bertz CT molecular complexity index is 632. The maximum Gasteiger partial charge on any atom is 0.169 e. The van der Waals surface area contributed by atoms with E-state index in [1.54, 1.807) is 24.3 Å². The molecule has 0 bridgehead atoms. The van der Waals surface area contributed by atoms with Gasteiger partial charge < -0.3 is 10.3 Å². The molecule has 0 aliphatic carbocycles. The highest BCUT2D eigenvalue weighted by Crippen LogP contribution is 2.22. The van der Waals surface area contributed by atoms with Crippen LogP contribution in [-0.4, -0.2) is 19.8 Å². The number of nitrogens with two attached hydrogens (primary N) is 1. The predicted molar refractivity (Wildman–Crippen MR) is 64.9 cm³/mol. The third kappa shape index (κ3) is 3.07. The molecule has 0 fully saturated rings. The lowest BCUT2D eigenvalue weighted by Crippen LogP contribution is -2.00. The molecule has 0 saturated carbocycles. The van der Waals surface area contributed by atoms with Crippen molar-refractivity contribution in [3.63, 3.8) is 0 Å². The topological polar surface area (TPSA) is 86.2 Å². The van der Waals surface area contributed by atoms with Gasteiger partial charge in [0.2, 0.25) is 0 Å². The lowest BCUT2D eigenvalue weighted by Gasteiger charge is -2.01. The highest BCUT2D eigenvalue weighted by atomic mass is 32.2. The molecular formula is C11H12N2O3S. The normalized spacial score (nSPS) is 11.6. The highest BCUT2D eigenvalue weighted by Gasteiger charge is 2.08. The second-order valence-electron chi connectivity index (χ2n) is 3.89. The van der Waals surface area contributed by atoms with E-state index in [0.717, 1.165) is 5.56 Å². The molecule has 0 aliphatic rings. The number of aromatic nitrogens is 1. The zero-order valence-corrected chi connectivity index (χ0v) is 10.1. The summed E-state index contributed by atoms with van der Waals surface area (Å²) < 4.78 is 27.4. The van der Waals surface area contributed by atoms with Crippen molar-refractivity contribution < 1.29 is 12.9 Å². The van der Waals surface area contributed by atoms with E-state index in [4.69, 9.17) is 10.3 Å². The molecule has 0 atom stereocenters. The van der Waals surface area contributed by atoms with E-state index < -0.39 is 9.84 Å². The molecule has 0 spiro atoms. The zero-order chi connectivity index (χ0) is 12.5. The third-order valence-corrected chi connectivity index (χ3v) is 3.03. The summed E-state index contributed by atoms with van der Waals surface area (Å²) >= 11 is 0. The van der Waals surface area contributed by atoms with Crippen LogP contribution in [0.1, 0.15) is 5.56 Å². The molecule has 2 rings (SSSR count). The first-order chi connectivity index (χ1) is 7.94. The summed E-state index contributed by atoms with van der Waals surface area (Å²) in [6, 6.07) is 8.69. The minimum absolute atomic E-state index is 0.00442. The summed E-state index contributed by atoms with van der Waals surface area (Å²) in [5.74, 6) is 0.830. The number of hydrogen-bond donors (Lipinski definition) is 1. The van der Waals surface area contributed by atoms with Crippen LogP contribution in [0.15, 0.2) is 34.9 Å². The van der Waals surface area contributed by atoms with E-state index in [-0.39, 0.29) is 5.75 Å². The molecule has 2 aromatic rings. The van der Waals surface area contributed by atoms with Gasteiger partial charge in [-0.2, -0.15) is 0 Å². The van der Waals surface area contributed by atoms with Gasteiger partial charge in [-0.25, -0.2) is 8.42 Å². The third-order valence-electron chi connectivity index (χ3n) is 2.17. The summed E-state index contributed by atoms with van der Waals surface area (Å²) in [5, 5.41) is 3.58. The molecule has 2 N–H and O–H groups in total. The van der Waals surface area contributed by atoms with Crippen LogP contribution in [0.25, 0.3) is 11.3 Å². The summed E-state index contributed by atoms with van der Waals surface area (Å²) in [4.78, 5) is 0. The molecular weight excluding hydrogens is 240 g/mol. The molecule has 5 nitrogen and oxygen atoms in total. The Kier molecular flexibility index (Phi) is 2.89. The van der Waals surface area contributed by atoms with Crippen molar-refractivity contribution in [2.24, 2.45) is 0 Å². The van der Waals surface area contributed by atoms with E-state index in [1.807, 2.05) is 6.07 Å². The van der Waals surface area contributed by atoms with Crippen LogP contribution in [0.2, 0.25) is 0 Å². The summed E-state index contributed by atoms with van der Waals surface area (Å²) in [7, 11) is -3.04. The predicted octanol–water partition coefficient (Wildman–Crippen LogP) is 1.47. The van der Waals surface area contributed by atoms with Crippen molar-refractivity contribution in [2.45, 2.75) is 5.75 Å². The van der Waals surface area contributed by atoms with Crippen LogP contribution in [-0.2, 0) is 15.6 Å². The van der Waals surface area contributed by atoms with Gasteiger partial charge in [0.1, 0.15) is 0 Å². The van der Waals surface area contributed by atoms with Gasteiger partial charge in [0.15, 0.2) is 21.4 Å². The molecule has 1 aromatic carbocycles. The van der Waals surface area contributed by atoms with Gasteiger partial charge in [-0.05, 0) is 11.6 Å². The molecule has 6 heteroatoms. The van der Waals surface area contributed by atoms with Gasteiger partial charge in [0.05, 0.1) is 5.75 Å². The minimum atomic E-state index is -3.04.